The van der Waals surface area contributed by atoms with Gasteiger partial charge in [0.2, 0.25) is 0 Å². The van der Waals surface area contributed by atoms with E-state index in [9.17, 15) is 5.11 Å². The number of aryl methyl sites for hydroxylation is 2. The van der Waals surface area contributed by atoms with Gasteiger partial charge in [-0.05, 0) is 27.8 Å². The van der Waals surface area contributed by atoms with Gasteiger partial charge in [0.1, 0.15) is 0 Å². The Labute approximate surface area is 129 Å². The lowest BCUT2D eigenvalue weighted by molar-refractivity contribution is 0.103. The van der Waals surface area contributed by atoms with Crippen molar-refractivity contribution in [3.8, 4) is 0 Å². The summed E-state index contributed by atoms with van der Waals surface area (Å²) in [4.78, 5) is 7.58. The van der Waals surface area contributed by atoms with Crippen LogP contribution in [0, 0.1) is 20.8 Å². The fourth-order valence-corrected chi connectivity index (χ4v) is 3.15. The molecule has 2 aromatic heterocycles. The minimum atomic E-state index is -0.486. The van der Waals surface area contributed by atoms with E-state index in [4.69, 9.17) is 5.73 Å². The zero-order valence-corrected chi connectivity index (χ0v) is 13.8. The molecular weight excluding hydrogens is 286 g/mol. The van der Waals surface area contributed by atoms with Gasteiger partial charge in [0.15, 0.2) is 0 Å². The summed E-state index contributed by atoms with van der Waals surface area (Å²) in [5.74, 6) is 0. The minimum Gasteiger partial charge on any atom is -0.396 e. The van der Waals surface area contributed by atoms with Crippen molar-refractivity contribution in [1.29, 1.82) is 0 Å². The molecule has 0 spiro atoms. The Morgan fingerprint density at radius 3 is 2.62 bits per heavy atom. The third kappa shape index (κ3) is 3.81. The molecule has 0 amide bonds. The molecule has 2 aromatic rings. The molecule has 0 saturated heterocycles. The molecule has 116 valence electrons. The molecule has 2 rings (SSSR count). The van der Waals surface area contributed by atoms with Gasteiger partial charge < -0.3 is 10.8 Å². The van der Waals surface area contributed by atoms with Crippen molar-refractivity contribution in [3.63, 3.8) is 0 Å². The van der Waals surface area contributed by atoms with Gasteiger partial charge in [-0.1, -0.05) is 0 Å². The normalized spacial score (nSPS) is 13.0. The van der Waals surface area contributed by atoms with Crippen molar-refractivity contribution < 1.29 is 5.11 Å². The summed E-state index contributed by atoms with van der Waals surface area (Å²) >= 11 is 1.65. The highest BCUT2D eigenvalue weighted by Crippen LogP contribution is 2.16. The van der Waals surface area contributed by atoms with E-state index >= 15 is 0 Å². The van der Waals surface area contributed by atoms with Crippen molar-refractivity contribution in [2.24, 2.45) is 0 Å². The van der Waals surface area contributed by atoms with E-state index in [0.717, 1.165) is 23.6 Å². The number of hydrogen-bond acceptors (Lipinski definition) is 6. The SMILES string of the molecule is Cc1ncsc1CN(C)CC(O)Cn1nc(C)c(N)c1C. The third-order valence-electron chi connectivity index (χ3n) is 3.60. The number of aromatic nitrogens is 3. The molecule has 3 N–H and O–H groups in total. The van der Waals surface area contributed by atoms with Gasteiger partial charge in [0.05, 0.1) is 40.9 Å². The molecule has 0 fully saturated rings. The first-order chi connectivity index (χ1) is 9.88. The maximum Gasteiger partial charge on any atom is 0.0862 e. The standard InChI is InChI=1S/C14H23N5OS/c1-9-13(21-8-16-9)7-18(4)5-12(20)6-19-11(3)14(15)10(2)17-19/h8,12,20H,5-7,15H2,1-4H3. The maximum absolute atomic E-state index is 10.2. The topological polar surface area (TPSA) is 80.2 Å². The van der Waals surface area contributed by atoms with Crippen molar-refractivity contribution in [2.45, 2.75) is 40.0 Å². The van der Waals surface area contributed by atoms with Crippen LogP contribution in [0.3, 0.4) is 0 Å². The highest BCUT2D eigenvalue weighted by molar-refractivity contribution is 7.09. The largest absolute Gasteiger partial charge is 0.396 e. The summed E-state index contributed by atoms with van der Waals surface area (Å²) in [6.45, 7) is 7.64. The Hall–Kier alpha value is -1.44. The van der Waals surface area contributed by atoms with E-state index in [-0.39, 0.29) is 0 Å². The number of hydrogen-bond donors (Lipinski definition) is 2. The molecular formula is C14H23N5OS. The van der Waals surface area contributed by atoms with Crippen LogP contribution in [0.4, 0.5) is 5.69 Å². The number of aliphatic hydroxyl groups is 1. The fraction of sp³-hybridized carbons (Fsp3) is 0.571. The van der Waals surface area contributed by atoms with Crippen LogP contribution < -0.4 is 5.73 Å². The van der Waals surface area contributed by atoms with E-state index in [0.29, 0.717) is 18.8 Å². The Bertz CT molecular complexity index is 607. The Kier molecular flexibility index (Phi) is 4.97. The van der Waals surface area contributed by atoms with Crippen LogP contribution in [0.25, 0.3) is 0 Å². The Morgan fingerprint density at radius 1 is 1.38 bits per heavy atom. The lowest BCUT2D eigenvalue weighted by Crippen LogP contribution is -2.32. The first kappa shape index (κ1) is 15.9. The zero-order valence-electron chi connectivity index (χ0n) is 13.0. The average Bonchev–Trinajstić information content (AvgIpc) is 2.90. The van der Waals surface area contributed by atoms with Gasteiger partial charge >= 0.3 is 0 Å². The highest BCUT2D eigenvalue weighted by Gasteiger charge is 2.15. The van der Waals surface area contributed by atoms with E-state index in [1.54, 1.807) is 16.0 Å². The van der Waals surface area contributed by atoms with E-state index in [1.807, 2.05) is 33.3 Å². The predicted octanol–water partition coefficient (Wildman–Crippen LogP) is 1.34. The van der Waals surface area contributed by atoms with Gasteiger partial charge in [-0.15, -0.1) is 11.3 Å². The van der Waals surface area contributed by atoms with Crippen LogP contribution in [0.5, 0.6) is 0 Å². The minimum absolute atomic E-state index is 0.454. The number of aliphatic hydroxyl groups excluding tert-OH is 1. The van der Waals surface area contributed by atoms with E-state index < -0.39 is 6.10 Å². The molecule has 21 heavy (non-hydrogen) atoms. The quantitative estimate of drug-likeness (QED) is 0.842. The molecule has 0 aromatic carbocycles. The zero-order chi connectivity index (χ0) is 15.6. The summed E-state index contributed by atoms with van der Waals surface area (Å²) in [5, 5.41) is 14.6. The second kappa shape index (κ2) is 6.55. The van der Waals surface area contributed by atoms with Gasteiger partial charge in [-0.25, -0.2) is 4.98 Å². The molecule has 0 aliphatic rings. The number of nitrogens with zero attached hydrogens (tertiary/aromatic N) is 4. The molecule has 0 radical (unpaired) electrons. The van der Waals surface area contributed by atoms with Gasteiger partial charge in [-0.2, -0.15) is 5.10 Å². The number of anilines is 1. The number of likely N-dealkylation sites (N-methyl/N-ethyl adjacent to an activating group) is 1. The smallest absolute Gasteiger partial charge is 0.0862 e. The number of thiazole rings is 1. The van der Waals surface area contributed by atoms with Gasteiger partial charge in [0.25, 0.3) is 0 Å². The second-order valence-corrected chi connectivity index (χ2v) is 6.42. The van der Waals surface area contributed by atoms with E-state index in [2.05, 4.69) is 15.0 Å². The van der Waals surface area contributed by atoms with Crippen LogP contribution in [-0.2, 0) is 13.1 Å². The molecule has 6 nitrogen and oxygen atoms in total. The Morgan fingerprint density at radius 2 is 2.10 bits per heavy atom. The van der Waals surface area contributed by atoms with Crippen molar-refractivity contribution in [3.05, 3.63) is 27.5 Å². The number of nitrogens with two attached hydrogens (primary N) is 1. The van der Waals surface area contributed by atoms with Crippen molar-refractivity contribution in [1.82, 2.24) is 19.7 Å². The van der Waals surface area contributed by atoms with Crippen LogP contribution in [0.2, 0.25) is 0 Å². The highest BCUT2D eigenvalue weighted by atomic mass is 32.1. The molecule has 7 heteroatoms. The summed E-state index contributed by atoms with van der Waals surface area (Å²) in [7, 11) is 2.00. The molecule has 0 saturated carbocycles. The monoisotopic (exact) mass is 309 g/mol. The molecule has 1 atom stereocenters. The third-order valence-corrected chi connectivity index (χ3v) is 4.52. The van der Waals surface area contributed by atoms with Crippen LogP contribution in [0.1, 0.15) is 22.0 Å². The lowest BCUT2D eigenvalue weighted by atomic mass is 10.3. The fourth-order valence-electron chi connectivity index (χ4n) is 2.29. The summed E-state index contributed by atoms with van der Waals surface area (Å²) in [6.07, 6.45) is -0.486. The summed E-state index contributed by atoms with van der Waals surface area (Å²) < 4.78 is 1.78. The first-order valence-electron chi connectivity index (χ1n) is 6.93. The summed E-state index contributed by atoms with van der Waals surface area (Å²) in [6, 6.07) is 0. The second-order valence-electron chi connectivity index (χ2n) is 5.48. The van der Waals surface area contributed by atoms with Crippen LogP contribution in [0.15, 0.2) is 5.51 Å². The maximum atomic E-state index is 10.2. The number of nitrogen functional groups attached to an aromatic ring is 1. The van der Waals surface area contributed by atoms with Gasteiger partial charge in [-0.3, -0.25) is 9.58 Å². The Balaban J connectivity index is 1.90. The molecule has 1 unspecified atom stereocenters. The van der Waals surface area contributed by atoms with Crippen LogP contribution in [-0.4, -0.2) is 44.5 Å². The molecule has 2 heterocycles. The predicted molar refractivity (Wildman–Crippen MR) is 85.3 cm³/mol. The van der Waals surface area contributed by atoms with Crippen molar-refractivity contribution in [2.75, 3.05) is 19.3 Å². The van der Waals surface area contributed by atoms with Gasteiger partial charge in [0, 0.05) is 18.0 Å². The average molecular weight is 309 g/mol. The molecule has 0 aliphatic heterocycles. The number of rotatable bonds is 6. The van der Waals surface area contributed by atoms with E-state index in [1.165, 1.54) is 4.88 Å². The van der Waals surface area contributed by atoms with Crippen molar-refractivity contribution >= 4 is 17.0 Å². The molecule has 0 bridgehead atoms. The summed E-state index contributed by atoms with van der Waals surface area (Å²) in [5.41, 5.74) is 11.3. The first-order valence-corrected chi connectivity index (χ1v) is 7.81. The van der Waals surface area contributed by atoms with Crippen LogP contribution >= 0.6 is 11.3 Å². The molecule has 0 aliphatic carbocycles. The lowest BCUT2D eigenvalue weighted by Gasteiger charge is -2.20.